The molecule has 0 spiro atoms. The molecule has 0 aromatic carbocycles. The molecule has 1 amide bonds. The normalized spacial score (nSPS) is 12.2. The van der Waals surface area contributed by atoms with Crippen molar-refractivity contribution in [3.8, 4) is 0 Å². The Morgan fingerprint density at radius 2 is 2.00 bits per heavy atom. The summed E-state index contributed by atoms with van der Waals surface area (Å²) >= 11 is 0. The molecule has 20 heavy (non-hydrogen) atoms. The minimum atomic E-state index is -1.07. The number of pyridine rings is 1. The maximum Gasteiger partial charge on any atom is 0.326 e. The number of hydrogen-bond acceptors (Lipinski definition) is 3. The Balaban J connectivity index is 2.97. The molecule has 6 heteroatoms. The molecule has 1 heterocycles. The van der Waals surface area contributed by atoms with Crippen LogP contribution in [-0.4, -0.2) is 28.0 Å². The SMILES string of the molecule is CCCC(NC(=O)c1cc(C(C)C)[nH]c(=O)c1)C(=O)O. The van der Waals surface area contributed by atoms with Gasteiger partial charge in [-0.3, -0.25) is 9.59 Å². The van der Waals surface area contributed by atoms with Crippen molar-refractivity contribution >= 4 is 11.9 Å². The Kier molecular flexibility index (Phi) is 5.49. The highest BCUT2D eigenvalue weighted by Gasteiger charge is 2.20. The van der Waals surface area contributed by atoms with Crippen molar-refractivity contribution in [3.05, 3.63) is 33.7 Å². The fourth-order valence-electron chi connectivity index (χ4n) is 1.79. The van der Waals surface area contributed by atoms with E-state index >= 15 is 0 Å². The summed E-state index contributed by atoms with van der Waals surface area (Å²) in [7, 11) is 0. The molecule has 1 rings (SSSR count). The summed E-state index contributed by atoms with van der Waals surface area (Å²) in [5.41, 5.74) is 0.452. The number of carboxylic acids is 1. The van der Waals surface area contributed by atoms with E-state index in [0.29, 0.717) is 18.5 Å². The summed E-state index contributed by atoms with van der Waals surface area (Å²) in [6, 6.07) is 1.81. The second kappa shape index (κ2) is 6.88. The number of aromatic nitrogens is 1. The maximum atomic E-state index is 12.0. The van der Waals surface area contributed by atoms with Crippen LogP contribution in [0.15, 0.2) is 16.9 Å². The second-order valence-corrected chi connectivity index (χ2v) is 5.00. The molecule has 0 radical (unpaired) electrons. The minimum Gasteiger partial charge on any atom is -0.480 e. The number of aromatic amines is 1. The van der Waals surface area contributed by atoms with Crippen LogP contribution in [0.5, 0.6) is 0 Å². The first-order valence-corrected chi connectivity index (χ1v) is 6.63. The van der Waals surface area contributed by atoms with Gasteiger partial charge in [0.2, 0.25) is 5.56 Å². The number of carbonyl (C=O) groups excluding carboxylic acids is 1. The van der Waals surface area contributed by atoms with Crippen LogP contribution >= 0.6 is 0 Å². The summed E-state index contributed by atoms with van der Waals surface area (Å²) in [6.07, 6.45) is 0.991. The van der Waals surface area contributed by atoms with Crippen LogP contribution in [-0.2, 0) is 4.79 Å². The summed E-state index contributed by atoms with van der Waals surface area (Å²) < 4.78 is 0. The third-order valence-corrected chi connectivity index (χ3v) is 2.93. The summed E-state index contributed by atoms with van der Waals surface area (Å²) in [6.45, 7) is 5.63. The van der Waals surface area contributed by atoms with Gasteiger partial charge >= 0.3 is 5.97 Å². The van der Waals surface area contributed by atoms with Crippen molar-refractivity contribution in [2.24, 2.45) is 0 Å². The number of hydrogen-bond donors (Lipinski definition) is 3. The Bertz CT molecular complexity index is 548. The molecule has 0 aliphatic carbocycles. The number of H-pyrrole nitrogens is 1. The Morgan fingerprint density at radius 1 is 1.35 bits per heavy atom. The van der Waals surface area contributed by atoms with Gasteiger partial charge in [-0.2, -0.15) is 0 Å². The van der Waals surface area contributed by atoms with Crippen molar-refractivity contribution in [1.29, 1.82) is 0 Å². The molecule has 1 atom stereocenters. The molecule has 3 N–H and O–H groups in total. The smallest absolute Gasteiger partial charge is 0.326 e. The van der Waals surface area contributed by atoms with E-state index in [1.807, 2.05) is 20.8 Å². The highest BCUT2D eigenvalue weighted by atomic mass is 16.4. The largest absolute Gasteiger partial charge is 0.480 e. The lowest BCUT2D eigenvalue weighted by atomic mass is 10.1. The van der Waals surface area contributed by atoms with Gasteiger partial charge in [0, 0.05) is 17.3 Å². The fraction of sp³-hybridized carbons (Fsp3) is 0.500. The van der Waals surface area contributed by atoms with Gasteiger partial charge in [0.15, 0.2) is 0 Å². The van der Waals surface area contributed by atoms with E-state index in [4.69, 9.17) is 5.11 Å². The monoisotopic (exact) mass is 280 g/mol. The zero-order chi connectivity index (χ0) is 15.3. The second-order valence-electron chi connectivity index (χ2n) is 5.00. The zero-order valence-electron chi connectivity index (χ0n) is 11.9. The zero-order valence-corrected chi connectivity index (χ0v) is 11.9. The minimum absolute atomic E-state index is 0.0707. The molecule has 110 valence electrons. The van der Waals surface area contributed by atoms with Crippen molar-refractivity contribution < 1.29 is 14.7 Å². The molecule has 0 aliphatic rings. The highest BCUT2D eigenvalue weighted by Crippen LogP contribution is 2.11. The number of carbonyl (C=O) groups is 2. The predicted molar refractivity (Wildman–Crippen MR) is 74.9 cm³/mol. The van der Waals surface area contributed by atoms with Crippen LogP contribution < -0.4 is 10.9 Å². The number of amides is 1. The summed E-state index contributed by atoms with van der Waals surface area (Å²) in [4.78, 5) is 37.2. The van der Waals surface area contributed by atoms with E-state index < -0.39 is 17.9 Å². The number of carboxylic acid groups (broad SMARTS) is 1. The third kappa shape index (κ3) is 4.22. The molecule has 0 saturated heterocycles. The lowest BCUT2D eigenvalue weighted by Crippen LogP contribution is -2.41. The number of nitrogens with one attached hydrogen (secondary N) is 2. The van der Waals surface area contributed by atoms with Crippen molar-refractivity contribution in [2.75, 3.05) is 0 Å². The van der Waals surface area contributed by atoms with Gasteiger partial charge in [-0.15, -0.1) is 0 Å². The standard InChI is InChI=1S/C14H20N2O4/c1-4-5-10(14(19)20)16-13(18)9-6-11(8(2)3)15-12(17)7-9/h6-8,10H,4-5H2,1-3H3,(H,15,17)(H,16,18)(H,19,20). The van der Waals surface area contributed by atoms with Gasteiger partial charge in [-0.1, -0.05) is 27.2 Å². The first-order valence-electron chi connectivity index (χ1n) is 6.63. The van der Waals surface area contributed by atoms with Crippen molar-refractivity contribution in [3.63, 3.8) is 0 Å². The molecule has 0 bridgehead atoms. The Labute approximate surface area is 117 Å². The van der Waals surface area contributed by atoms with Gasteiger partial charge in [0.25, 0.3) is 5.91 Å². The highest BCUT2D eigenvalue weighted by molar-refractivity contribution is 5.96. The van der Waals surface area contributed by atoms with E-state index in [2.05, 4.69) is 10.3 Å². The molecule has 0 aliphatic heterocycles. The van der Waals surface area contributed by atoms with Crippen LogP contribution in [0.25, 0.3) is 0 Å². The number of rotatable bonds is 6. The molecule has 0 saturated carbocycles. The lowest BCUT2D eigenvalue weighted by Gasteiger charge is -2.14. The van der Waals surface area contributed by atoms with E-state index in [9.17, 15) is 14.4 Å². The van der Waals surface area contributed by atoms with Crippen molar-refractivity contribution in [2.45, 2.75) is 45.6 Å². The Morgan fingerprint density at radius 3 is 2.50 bits per heavy atom. The molecular formula is C14H20N2O4. The average molecular weight is 280 g/mol. The fourth-order valence-corrected chi connectivity index (χ4v) is 1.79. The van der Waals surface area contributed by atoms with E-state index in [1.54, 1.807) is 6.07 Å². The molecule has 1 aromatic heterocycles. The van der Waals surface area contributed by atoms with Crippen LogP contribution in [0.1, 0.15) is 55.6 Å². The van der Waals surface area contributed by atoms with E-state index in [-0.39, 0.29) is 17.0 Å². The van der Waals surface area contributed by atoms with Crippen LogP contribution in [0.3, 0.4) is 0 Å². The van der Waals surface area contributed by atoms with Crippen LogP contribution in [0.4, 0.5) is 0 Å². The molecule has 0 fully saturated rings. The van der Waals surface area contributed by atoms with E-state index in [1.165, 1.54) is 6.07 Å². The van der Waals surface area contributed by atoms with Gasteiger partial charge in [0.05, 0.1) is 0 Å². The van der Waals surface area contributed by atoms with Gasteiger partial charge in [-0.05, 0) is 18.4 Å². The molecular weight excluding hydrogens is 260 g/mol. The van der Waals surface area contributed by atoms with Crippen LogP contribution in [0.2, 0.25) is 0 Å². The third-order valence-electron chi connectivity index (χ3n) is 2.93. The first-order chi connectivity index (χ1) is 9.35. The lowest BCUT2D eigenvalue weighted by molar-refractivity contribution is -0.139. The van der Waals surface area contributed by atoms with Gasteiger partial charge in [0.1, 0.15) is 6.04 Å². The summed E-state index contributed by atoms with van der Waals surface area (Å²) in [5, 5.41) is 11.5. The van der Waals surface area contributed by atoms with Crippen molar-refractivity contribution in [1.82, 2.24) is 10.3 Å². The first kappa shape index (κ1) is 15.9. The Hall–Kier alpha value is -2.11. The van der Waals surface area contributed by atoms with Gasteiger partial charge < -0.3 is 15.4 Å². The van der Waals surface area contributed by atoms with Crippen LogP contribution in [0, 0.1) is 0 Å². The molecule has 1 aromatic rings. The topological polar surface area (TPSA) is 99.3 Å². The predicted octanol–water partition coefficient (Wildman–Crippen LogP) is 1.48. The molecule has 6 nitrogen and oxygen atoms in total. The average Bonchev–Trinajstić information content (AvgIpc) is 2.37. The molecule has 1 unspecified atom stereocenters. The summed E-state index contributed by atoms with van der Waals surface area (Å²) in [5.74, 6) is -1.55. The van der Waals surface area contributed by atoms with Gasteiger partial charge in [-0.25, -0.2) is 4.79 Å². The van der Waals surface area contributed by atoms with E-state index in [0.717, 1.165) is 0 Å². The number of aliphatic carboxylic acids is 1. The maximum absolute atomic E-state index is 12.0. The quantitative estimate of drug-likeness (QED) is 0.735.